The number of halogens is 2. The lowest BCUT2D eigenvalue weighted by Crippen LogP contribution is -2.32. The van der Waals surface area contributed by atoms with Crippen LogP contribution >= 0.6 is 23.2 Å². The average molecular weight is 441 g/mol. The summed E-state index contributed by atoms with van der Waals surface area (Å²) in [5.74, 6) is -0.422. The molecule has 1 N–H and O–H groups in total. The summed E-state index contributed by atoms with van der Waals surface area (Å²) < 4.78 is 27.6. The highest BCUT2D eigenvalue weighted by Gasteiger charge is 2.28. The molecule has 0 unspecified atom stereocenters. The molecule has 0 bridgehead atoms. The molecular formula is C20H22Cl2N2O3S. The van der Waals surface area contributed by atoms with Gasteiger partial charge in [0.2, 0.25) is 10.0 Å². The predicted molar refractivity (Wildman–Crippen MR) is 113 cm³/mol. The third kappa shape index (κ3) is 4.51. The van der Waals surface area contributed by atoms with Gasteiger partial charge in [-0.1, -0.05) is 42.1 Å². The number of benzene rings is 2. The number of rotatable bonds is 4. The van der Waals surface area contributed by atoms with Crippen molar-refractivity contribution in [3.8, 4) is 0 Å². The maximum atomic E-state index is 13.1. The van der Waals surface area contributed by atoms with Crippen molar-refractivity contribution in [3.63, 3.8) is 0 Å². The van der Waals surface area contributed by atoms with Crippen LogP contribution in [-0.2, 0) is 10.0 Å². The Labute approximate surface area is 175 Å². The summed E-state index contributed by atoms with van der Waals surface area (Å²) in [6.07, 6.45) is 3.68. The molecule has 1 fully saturated rings. The Bertz CT molecular complexity index is 985. The summed E-state index contributed by atoms with van der Waals surface area (Å²) in [7, 11) is -3.76. The molecule has 1 aliphatic heterocycles. The van der Waals surface area contributed by atoms with Gasteiger partial charge < -0.3 is 5.32 Å². The minimum Gasteiger partial charge on any atom is -0.322 e. The van der Waals surface area contributed by atoms with Crippen LogP contribution in [0.15, 0.2) is 41.3 Å². The third-order valence-corrected chi connectivity index (χ3v) is 7.68. The Morgan fingerprint density at radius 3 is 2.36 bits per heavy atom. The number of nitrogens with one attached hydrogen (secondary N) is 1. The second kappa shape index (κ2) is 8.82. The van der Waals surface area contributed by atoms with Crippen molar-refractivity contribution in [1.82, 2.24) is 4.31 Å². The zero-order valence-electron chi connectivity index (χ0n) is 15.5. The number of hydrogen-bond acceptors (Lipinski definition) is 3. The summed E-state index contributed by atoms with van der Waals surface area (Å²) in [5, 5.41) is 3.43. The first kappa shape index (κ1) is 21.1. The fourth-order valence-corrected chi connectivity index (χ4v) is 5.39. The number of carbonyl (C=O) groups is 1. The van der Waals surface area contributed by atoms with E-state index >= 15 is 0 Å². The molecule has 0 radical (unpaired) electrons. The van der Waals surface area contributed by atoms with Gasteiger partial charge in [0, 0.05) is 29.4 Å². The van der Waals surface area contributed by atoms with Crippen molar-refractivity contribution in [1.29, 1.82) is 0 Å². The number of sulfonamides is 1. The number of hydrogen-bond donors (Lipinski definition) is 1. The quantitative estimate of drug-likeness (QED) is 0.716. The number of amides is 1. The molecule has 5 nitrogen and oxygen atoms in total. The molecule has 0 atom stereocenters. The van der Waals surface area contributed by atoms with Crippen molar-refractivity contribution in [2.45, 2.75) is 37.5 Å². The summed E-state index contributed by atoms with van der Waals surface area (Å²) in [5.41, 5.74) is 1.53. The van der Waals surface area contributed by atoms with Crippen LogP contribution in [0.25, 0.3) is 0 Å². The highest BCUT2D eigenvalue weighted by molar-refractivity contribution is 7.89. The predicted octanol–water partition coefficient (Wildman–Crippen LogP) is 5.12. The smallest absolute Gasteiger partial charge is 0.255 e. The maximum absolute atomic E-state index is 13.1. The van der Waals surface area contributed by atoms with Gasteiger partial charge in [0.1, 0.15) is 4.90 Å². The fraction of sp³-hybridized carbons (Fsp3) is 0.350. The molecule has 1 amide bonds. The van der Waals surface area contributed by atoms with Crippen molar-refractivity contribution in [2.75, 3.05) is 18.4 Å². The number of carbonyl (C=O) groups excluding carboxylic acids is 1. The van der Waals surface area contributed by atoms with Crippen molar-refractivity contribution < 1.29 is 13.2 Å². The van der Waals surface area contributed by atoms with Gasteiger partial charge >= 0.3 is 0 Å². The fourth-order valence-electron chi connectivity index (χ4n) is 3.20. The monoisotopic (exact) mass is 440 g/mol. The molecule has 1 aliphatic rings. The molecule has 150 valence electrons. The standard InChI is InChI=1S/C20H22Cl2N2O3S/c1-14-16(21)7-6-8-18(14)23-20(25)15-9-10-17(22)19(13-15)28(26,27)24-11-4-2-3-5-12-24/h6-10,13H,2-5,11-12H2,1H3,(H,23,25). The molecule has 3 rings (SSSR count). The average Bonchev–Trinajstić information content (AvgIpc) is 2.95. The second-order valence-corrected chi connectivity index (χ2v) is 9.55. The van der Waals surface area contributed by atoms with E-state index in [1.165, 1.54) is 22.5 Å². The van der Waals surface area contributed by atoms with E-state index in [2.05, 4.69) is 5.32 Å². The largest absolute Gasteiger partial charge is 0.322 e. The molecule has 8 heteroatoms. The lowest BCUT2D eigenvalue weighted by Gasteiger charge is -2.21. The Kier molecular flexibility index (Phi) is 6.65. The van der Waals surface area contributed by atoms with Crippen LogP contribution in [0.2, 0.25) is 10.0 Å². The van der Waals surface area contributed by atoms with Gasteiger partial charge in [0.05, 0.1) is 5.02 Å². The van der Waals surface area contributed by atoms with Crippen LogP contribution in [0.3, 0.4) is 0 Å². The topological polar surface area (TPSA) is 66.5 Å². The summed E-state index contributed by atoms with van der Waals surface area (Å²) in [6, 6.07) is 9.52. The zero-order chi connectivity index (χ0) is 20.3. The van der Waals surface area contributed by atoms with Crippen LogP contribution in [-0.4, -0.2) is 31.7 Å². The van der Waals surface area contributed by atoms with Gasteiger partial charge in [0.15, 0.2) is 0 Å². The minimum atomic E-state index is -3.76. The first-order valence-corrected chi connectivity index (χ1v) is 11.4. The molecule has 1 heterocycles. The number of anilines is 1. The van der Waals surface area contributed by atoms with Crippen LogP contribution in [0.4, 0.5) is 5.69 Å². The van der Waals surface area contributed by atoms with E-state index < -0.39 is 15.9 Å². The van der Waals surface area contributed by atoms with Gasteiger partial charge in [-0.05, 0) is 55.7 Å². The van der Waals surface area contributed by atoms with E-state index in [1.807, 2.05) is 0 Å². The molecule has 2 aromatic rings. The molecule has 0 spiro atoms. The van der Waals surface area contributed by atoms with Crippen molar-refractivity contribution in [2.24, 2.45) is 0 Å². The van der Waals surface area contributed by atoms with E-state index in [1.54, 1.807) is 25.1 Å². The van der Waals surface area contributed by atoms with Crippen LogP contribution in [0.5, 0.6) is 0 Å². The first-order valence-electron chi connectivity index (χ1n) is 9.17. The molecular weight excluding hydrogens is 419 g/mol. The maximum Gasteiger partial charge on any atom is 0.255 e. The van der Waals surface area contributed by atoms with Crippen molar-refractivity contribution in [3.05, 3.63) is 57.6 Å². The van der Waals surface area contributed by atoms with Crippen LogP contribution < -0.4 is 5.32 Å². The van der Waals surface area contributed by atoms with Gasteiger partial charge in [0.25, 0.3) is 5.91 Å². The molecule has 2 aromatic carbocycles. The first-order chi connectivity index (χ1) is 13.3. The Hall–Kier alpha value is -1.60. The van der Waals surface area contributed by atoms with Gasteiger partial charge in [-0.25, -0.2) is 8.42 Å². The molecule has 1 saturated heterocycles. The van der Waals surface area contributed by atoms with Crippen molar-refractivity contribution >= 4 is 44.8 Å². The molecule has 0 saturated carbocycles. The van der Waals surface area contributed by atoms with E-state index in [0.717, 1.165) is 31.2 Å². The summed E-state index contributed by atoms with van der Waals surface area (Å²) in [4.78, 5) is 12.7. The second-order valence-electron chi connectivity index (χ2n) is 6.83. The third-order valence-electron chi connectivity index (χ3n) is 4.89. The Morgan fingerprint density at radius 2 is 1.68 bits per heavy atom. The van der Waals surface area contributed by atoms with Gasteiger partial charge in [-0.2, -0.15) is 4.31 Å². The van der Waals surface area contributed by atoms with Gasteiger partial charge in [-0.3, -0.25) is 4.79 Å². The lowest BCUT2D eigenvalue weighted by atomic mass is 10.1. The van der Waals surface area contributed by atoms with E-state index in [4.69, 9.17) is 23.2 Å². The minimum absolute atomic E-state index is 0.0356. The van der Waals surface area contributed by atoms with Gasteiger partial charge in [-0.15, -0.1) is 0 Å². The molecule has 0 aliphatic carbocycles. The lowest BCUT2D eigenvalue weighted by molar-refractivity contribution is 0.102. The van der Waals surface area contributed by atoms with E-state index in [-0.39, 0.29) is 15.5 Å². The summed E-state index contributed by atoms with van der Waals surface area (Å²) in [6.45, 7) is 2.74. The van der Waals surface area contributed by atoms with E-state index in [0.29, 0.717) is 23.8 Å². The molecule has 0 aromatic heterocycles. The Balaban J connectivity index is 1.90. The molecule has 28 heavy (non-hydrogen) atoms. The zero-order valence-corrected chi connectivity index (χ0v) is 17.9. The van der Waals surface area contributed by atoms with Crippen LogP contribution in [0, 0.1) is 6.92 Å². The highest BCUT2D eigenvalue weighted by atomic mass is 35.5. The van der Waals surface area contributed by atoms with E-state index in [9.17, 15) is 13.2 Å². The summed E-state index contributed by atoms with van der Waals surface area (Å²) >= 11 is 12.3. The number of nitrogens with zero attached hydrogens (tertiary/aromatic N) is 1. The highest BCUT2D eigenvalue weighted by Crippen LogP contribution is 2.29. The SMILES string of the molecule is Cc1c(Cl)cccc1NC(=O)c1ccc(Cl)c(S(=O)(=O)N2CCCCCC2)c1. The Morgan fingerprint density at radius 1 is 1.00 bits per heavy atom. The normalized spacial score (nSPS) is 15.8. The van der Waals surface area contributed by atoms with Crippen LogP contribution in [0.1, 0.15) is 41.6 Å².